The summed E-state index contributed by atoms with van der Waals surface area (Å²) in [5.41, 5.74) is 0. The van der Waals surface area contributed by atoms with Crippen LogP contribution in [0.25, 0.3) is 0 Å². The lowest BCUT2D eigenvalue weighted by Crippen LogP contribution is -2.51. The smallest absolute Gasteiger partial charge is 0.330 e. The predicted molar refractivity (Wildman–Crippen MR) is 67.5 cm³/mol. The van der Waals surface area contributed by atoms with Gasteiger partial charge >= 0.3 is 22.2 Å². The Morgan fingerprint density at radius 3 is 2.37 bits per heavy atom. The summed E-state index contributed by atoms with van der Waals surface area (Å²) in [7, 11) is -2.73. The minimum atomic E-state index is -3.91. The van der Waals surface area contributed by atoms with Gasteiger partial charge in [-0.3, -0.25) is 0 Å². The van der Waals surface area contributed by atoms with Crippen molar-refractivity contribution in [3.05, 3.63) is 0 Å². The fourth-order valence-electron chi connectivity index (χ4n) is 1.88. The molecule has 0 saturated heterocycles. The molecule has 0 unspecified atom stereocenters. The van der Waals surface area contributed by atoms with Crippen LogP contribution in [-0.4, -0.2) is 39.6 Å². The van der Waals surface area contributed by atoms with Crippen LogP contribution in [0.5, 0.6) is 0 Å². The van der Waals surface area contributed by atoms with E-state index in [1.54, 1.807) is 4.72 Å². The maximum Gasteiger partial charge on any atom is 0.330 e. The van der Waals surface area contributed by atoms with Gasteiger partial charge in [0.05, 0.1) is 7.11 Å². The van der Waals surface area contributed by atoms with Crippen molar-refractivity contribution < 1.29 is 22.7 Å². The molecule has 1 rings (SSSR count). The van der Waals surface area contributed by atoms with Gasteiger partial charge in [-0.15, -0.1) is 0 Å². The van der Waals surface area contributed by atoms with E-state index in [2.05, 4.69) is 14.8 Å². The van der Waals surface area contributed by atoms with Crippen molar-refractivity contribution >= 4 is 22.2 Å². The van der Waals surface area contributed by atoms with Gasteiger partial charge in [0.1, 0.15) is 6.04 Å². The molecule has 0 aromatic rings. The summed E-state index contributed by atoms with van der Waals surface area (Å²) in [5.74, 6) is -0.656. The van der Waals surface area contributed by atoms with Crippen LogP contribution in [0.3, 0.4) is 0 Å². The fraction of sp³-hybridized carbons (Fsp3) is 0.800. The van der Waals surface area contributed by atoms with E-state index >= 15 is 0 Å². The summed E-state index contributed by atoms with van der Waals surface area (Å²) >= 11 is 0. The largest absolute Gasteiger partial charge is 0.467 e. The first-order valence-electron chi connectivity index (χ1n) is 6.02. The van der Waals surface area contributed by atoms with Crippen LogP contribution in [0, 0.1) is 0 Å². The summed E-state index contributed by atoms with van der Waals surface area (Å²) in [6.07, 6.45) is 3.47. The van der Waals surface area contributed by atoms with Gasteiger partial charge in [0.2, 0.25) is 0 Å². The van der Waals surface area contributed by atoms with Crippen LogP contribution < -0.4 is 14.8 Å². The number of amides is 2. The molecule has 3 N–H and O–H groups in total. The van der Waals surface area contributed by atoms with Crippen molar-refractivity contribution in [2.45, 2.75) is 44.7 Å². The van der Waals surface area contributed by atoms with Crippen molar-refractivity contribution in [2.75, 3.05) is 7.11 Å². The topological polar surface area (TPSA) is 114 Å². The Hall–Kier alpha value is -1.35. The lowest BCUT2D eigenvalue weighted by molar-refractivity contribution is -0.142. The van der Waals surface area contributed by atoms with Gasteiger partial charge in [-0.1, -0.05) is 12.8 Å². The zero-order valence-corrected chi connectivity index (χ0v) is 11.7. The second kappa shape index (κ2) is 6.71. The third kappa shape index (κ3) is 5.43. The first kappa shape index (κ1) is 15.7. The highest BCUT2D eigenvalue weighted by atomic mass is 32.2. The molecule has 0 spiro atoms. The zero-order chi connectivity index (χ0) is 14.5. The van der Waals surface area contributed by atoms with Crippen molar-refractivity contribution in [1.82, 2.24) is 14.8 Å². The van der Waals surface area contributed by atoms with Crippen molar-refractivity contribution in [1.29, 1.82) is 0 Å². The highest BCUT2D eigenvalue weighted by Gasteiger charge is 2.24. The molecule has 0 aromatic heterocycles. The summed E-state index contributed by atoms with van der Waals surface area (Å²) in [4.78, 5) is 22.5. The molecule has 1 aliphatic rings. The van der Waals surface area contributed by atoms with Gasteiger partial charge in [0.15, 0.2) is 0 Å². The summed E-state index contributed by atoms with van der Waals surface area (Å²) in [6, 6.07) is -2.03. The van der Waals surface area contributed by atoms with Gasteiger partial charge in [-0.2, -0.15) is 13.1 Å². The summed E-state index contributed by atoms with van der Waals surface area (Å²) < 4.78 is 31.8. The van der Waals surface area contributed by atoms with Gasteiger partial charge in [0, 0.05) is 6.04 Å². The summed E-state index contributed by atoms with van der Waals surface area (Å²) in [5, 5.41) is 2.17. The molecule has 0 radical (unpaired) electrons. The van der Waals surface area contributed by atoms with Crippen LogP contribution in [0.4, 0.5) is 4.79 Å². The quantitative estimate of drug-likeness (QED) is 0.598. The van der Waals surface area contributed by atoms with Crippen molar-refractivity contribution in [3.63, 3.8) is 0 Å². The Kier molecular flexibility index (Phi) is 5.55. The molecule has 1 fully saturated rings. The maximum absolute atomic E-state index is 11.6. The number of rotatable bonds is 5. The van der Waals surface area contributed by atoms with E-state index in [0.29, 0.717) is 0 Å². The SMILES string of the molecule is COC(=O)[C@H](C)NC(=O)NS(=O)(=O)NC1CCCC1. The van der Waals surface area contributed by atoms with Crippen LogP contribution in [-0.2, 0) is 19.7 Å². The van der Waals surface area contributed by atoms with E-state index in [-0.39, 0.29) is 6.04 Å². The minimum absolute atomic E-state index is 0.136. The Balaban J connectivity index is 2.43. The number of urea groups is 1. The molecule has 1 aliphatic carbocycles. The number of carbonyl (C=O) groups excluding carboxylic acids is 2. The molecule has 9 heteroatoms. The zero-order valence-electron chi connectivity index (χ0n) is 10.9. The molecule has 8 nitrogen and oxygen atoms in total. The second-order valence-electron chi connectivity index (χ2n) is 4.42. The Bertz CT molecular complexity index is 430. The minimum Gasteiger partial charge on any atom is -0.467 e. The van der Waals surface area contributed by atoms with E-state index in [1.807, 2.05) is 0 Å². The Morgan fingerprint density at radius 2 is 1.84 bits per heavy atom. The van der Waals surface area contributed by atoms with Gasteiger partial charge < -0.3 is 10.1 Å². The predicted octanol–water partition coefficient (Wildman–Crippen LogP) is -0.376. The molecule has 0 aliphatic heterocycles. The highest BCUT2D eigenvalue weighted by Crippen LogP contribution is 2.17. The average molecular weight is 293 g/mol. The molecular weight excluding hydrogens is 274 g/mol. The third-order valence-corrected chi connectivity index (χ3v) is 3.90. The lowest BCUT2D eigenvalue weighted by Gasteiger charge is -2.15. The molecule has 110 valence electrons. The highest BCUT2D eigenvalue weighted by molar-refractivity contribution is 7.88. The molecule has 0 aromatic carbocycles. The monoisotopic (exact) mass is 293 g/mol. The third-order valence-electron chi connectivity index (χ3n) is 2.81. The number of hydrogen-bond donors (Lipinski definition) is 3. The number of ether oxygens (including phenoxy) is 1. The van der Waals surface area contributed by atoms with Crippen LogP contribution in [0.1, 0.15) is 32.6 Å². The van der Waals surface area contributed by atoms with Gasteiger partial charge in [0.25, 0.3) is 0 Å². The molecule has 1 saturated carbocycles. The normalized spacial score (nSPS) is 17.8. The Labute approximate surface area is 112 Å². The van der Waals surface area contributed by atoms with Gasteiger partial charge in [-0.05, 0) is 19.8 Å². The number of carbonyl (C=O) groups is 2. The summed E-state index contributed by atoms with van der Waals surface area (Å²) in [6.45, 7) is 1.39. The number of nitrogens with one attached hydrogen (secondary N) is 3. The fourth-order valence-corrected chi connectivity index (χ4v) is 2.91. The van der Waals surface area contributed by atoms with Crippen LogP contribution in [0.2, 0.25) is 0 Å². The standard InChI is InChI=1S/C10H19N3O5S/c1-7(9(14)18-2)11-10(15)13-19(16,17)12-8-5-3-4-6-8/h7-8,12H,3-6H2,1-2H3,(H2,11,13,15)/t7-/m0/s1. The second-order valence-corrected chi connectivity index (χ2v) is 5.87. The Morgan fingerprint density at radius 1 is 1.26 bits per heavy atom. The van der Waals surface area contributed by atoms with Gasteiger partial charge in [-0.25, -0.2) is 14.3 Å². The first-order chi connectivity index (χ1) is 8.84. The molecular formula is C10H19N3O5S. The molecule has 0 bridgehead atoms. The van der Waals surface area contributed by atoms with E-state index in [1.165, 1.54) is 14.0 Å². The molecule has 1 atom stereocenters. The van der Waals surface area contributed by atoms with Crippen molar-refractivity contribution in [2.24, 2.45) is 0 Å². The number of hydrogen-bond acceptors (Lipinski definition) is 5. The maximum atomic E-state index is 11.6. The number of methoxy groups -OCH3 is 1. The number of esters is 1. The van der Waals surface area contributed by atoms with E-state index in [9.17, 15) is 18.0 Å². The van der Waals surface area contributed by atoms with Crippen LogP contribution in [0.15, 0.2) is 0 Å². The van der Waals surface area contributed by atoms with E-state index in [0.717, 1.165) is 25.7 Å². The van der Waals surface area contributed by atoms with Crippen LogP contribution >= 0.6 is 0 Å². The first-order valence-corrected chi connectivity index (χ1v) is 7.51. The van der Waals surface area contributed by atoms with E-state index < -0.39 is 28.3 Å². The molecule has 0 heterocycles. The average Bonchev–Trinajstić information content (AvgIpc) is 2.78. The molecule has 19 heavy (non-hydrogen) atoms. The van der Waals surface area contributed by atoms with Crippen molar-refractivity contribution in [3.8, 4) is 0 Å². The lowest BCUT2D eigenvalue weighted by atomic mass is 10.3. The molecule has 2 amide bonds. The van der Waals surface area contributed by atoms with E-state index in [4.69, 9.17) is 0 Å².